The van der Waals surface area contributed by atoms with Gasteiger partial charge >= 0.3 is 6.03 Å². The number of para-hydroxylation sites is 1. The van der Waals surface area contributed by atoms with Crippen LogP contribution in [0.2, 0.25) is 0 Å². The number of fused-ring (bicyclic) bond motifs is 2. The van der Waals surface area contributed by atoms with Crippen LogP contribution in [0, 0.1) is 0 Å². The smallest absolute Gasteiger partial charge is 0.319 e. The maximum absolute atomic E-state index is 12.4. The lowest BCUT2D eigenvalue weighted by molar-refractivity contribution is 0.248. The van der Waals surface area contributed by atoms with Crippen molar-refractivity contribution >= 4 is 33.5 Å². The van der Waals surface area contributed by atoms with Crippen LogP contribution >= 0.6 is 0 Å². The van der Waals surface area contributed by atoms with E-state index in [0.29, 0.717) is 0 Å². The van der Waals surface area contributed by atoms with Crippen LogP contribution in [0.25, 0.3) is 21.7 Å². The zero-order chi connectivity index (χ0) is 17.2. The average molecular weight is 330 g/mol. The van der Waals surface area contributed by atoms with E-state index in [2.05, 4.69) is 10.6 Å². The lowest BCUT2D eigenvalue weighted by Gasteiger charge is -2.13. The van der Waals surface area contributed by atoms with Gasteiger partial charge in [-0.25, -0.2) is 4.79 Å². The first-order valence-corrected chi connectivity index (χ1v) is 8.24. The Kier molecular flexibility index (Phi) is 3.86. The van der Waals surface area contributed by atoms with Gasteiger partial charge in [0.05, 0.1) is 11.7 Å². The van der Waals surface area contributed by atoms with Crippen molar-refractivity contribution in [2.24, 2.45) is 0 Å². The molecule has 0 saturated heterocycles. The maximum Gasteiger partial charge on any atom is 0.319 e. The third-order valence-electron chi connectivity index (χ3n) is 4.26. The summed E-state index contributed by atoms with van der Waals surface area (Å²) in [4.78, 5) is 12.4. The van der Waals surface area contributed by atoms with Crippen molar-refractivity contribution in [2.45, 2.75) is 13.0 Å². The number of hydrogen-bond acceptors (Lipinski definition) is 2. The first kappa shape index (κ1) is 15.3. The van der Waals surface area contributed by atoms with Crippen LogP contribution in [0.5, 0.6) is 0 Å². The molecular weight excluding hydrogens is 312 g/mol. The van der Waals surface area contributed by atoms with Gasteiger partial charge in [-0.3, -0.25) is 0 Å². The summed E-state index contributed by atoms with van der Waals surface area (Å²) in [7, 11) is 0. The minimum Gasteiger partial charge on any atom is -0.459 e. The Hall–Kier alpha value is -3.27. The summed E-state index contributed by atoms with van der Waals surface area (Å²) in [5.74, 6) is 0.731. The second kappa shape index (κ2) is 6.32. The highest BCUT2D eigenvalue weighted by Crippen LogP contribution is 2.25. The van der Waals surface area contributed by atoms with E-state index in [9.17, 15) is 4.79 Å². The van der Waals surface area contributed by atoms with Crippen LogP contribution in [-0.2, 0) is 0 Å². The Morgan fingerprint density at radius 2 is 1.64 bits per heavy atom. The van der Waals surface area contributed by atoms with Gasteiger partial charge < -0.3 is 15.1 Å². The highest BCUT2D eigenvalue weighted by molar-refractivity contribution is 6.01. The van der Waals surface area contributed by atoms with Gasteiger partial charge in [-0.2, -0.15) is 0 Å². The van der Waals surface area contributed by atoms with Gasteiger partial charge in [-0.15, -0.1) is 0 Å². The molecule has 0 bridgehead atoms. The molecular formula is C21H18N2O2. The Balaban J connectivity index is 1.51. The highest BCUT2D eigenvalue weighted by Gasteiger charge is 2.14. The molecule has 124 valence electrons. The van der Waals surface area contributed by atoms with E-state index < -0.39 is 0 Å². The molecule has 0 aliphatic rings. The highest BCUT2D eigenvalue weighted by atomic mass is 16.3. The Morgan fingerprint density at radius 3 is 2.48 bits per heavy atom. The lowest BCUT2D eigenvalue weighted by atomic mass is 10.1. The first-order chi connectivity index (χ1) is 12.2. The fourth-order valence-electron chi connectivity index (χ4n) is 2.98. The summed E-state index contributed by atoms with van der Waals surface area (Å²) >= 11 is 0. The van der Waals surface area contributed by atoms with Crippen molar-refractivity contribution in [1.29, 1.82) is 0 Å². The normalized spacial score (nSPS) is 12.2. The van der Waals surface area contributed by atoms with Gasteiger partial charge in [0, 0.05) is 10.8 Å². The van der Waals surface area contributed by atoms with Crippen LogP contribution in [-0.4, -0.2) is 6.03 Å². The predicted molar refractivity (Wildman–Crippen MR) is 101 cm³/mol. The van der Waals surface area contributed by atoms with Crippen molar-refractivity contribution in [1.82, 2.24) is 5.32 Å². The van der Waals surface area contributed by atoms with Gasteiger partial charge in [0.2, 0.25) is 0 Å². The molecule has 4 nitrogen and oxygen atoms in total. The van der Waals surface area contributed by atoms with Crippen LogP contribution in [0.3, 0.4) is 0 Å². The number of anilines is 1. The van der Waals surface area contributed by atoms with E-state index in [1.165, 1.54) is 0 Å². The predicted octanol–water partition coefficient (Wildman–Crippen LogP) is 5.47. The average Bonchev–Trinajstić information content (AvgIpc) is 3.06. The van der Waals surface area contributed by atoms with E-state index in [1.54, 1.807) is 0 Å². The van der Waals surface area contributed by atoms with Crippen LogP contribution in [0.1, 0.15) is 18.7 Å². The molecule has 2 N–H and O–H groups in total. The molecule has 1 unspecified atom stereocenters. The second-order valence-electron chi connectivity index (χ2n) is 6.03. The minimum atomic E-state index is -0.260. The number of rotatable bonds is 3. The summed E-state index contributed by atoms with van der Waals surface area (Å²) in [5.41, 5.74) is 1.60. The number of amides is 2. The van der Waals surface area contributed by atoms with E-state index in [-0.39, 0.29) is 12.1 Å². The second-order valence-corrected chi connectivity index (χ2v) is 6.03. The van der Waals surface area contributed by atoms with Crippen molar-refractivity contribution in [3.63, 3.8) is 0 Å². The number of nitrogens with one attached hydrogen (secondary N) is 2. The van der Waals surface area contributed by atoms with Crippen molar-refractivity contribution in [3.05, 3.63) is 78.6 Å². The zero-order valence-electron chi connectivity index (χ0n) is 13.8. The minimum absolute atomic E-state index is 0.234. The number of carbonyl (C=O) groups excluding carboxylic acids is 1. The van der Waals surface area contributed by atoms with Crippen LogP contribution in [0.4, 0.5) is 10.5 Å². The number of hydrogen-bond donors (Lipinski definition) is 2. The maximum atomic E-state index is 12.4. The molecule has 1 aromatic heterocycles. The molecule has 0 fully saturated rings. The third-order valence-corrected chi connectivity index (χ3v) is 4.26. The molecule has 0 radical (unpaired) electrons. The fourth-order valence-corrected chi connectivity index (χ4v) is 2.98. The summed E-state index contributed by atoms with van der Waals surface area (Å²) in [6.45, 7) is 1.90. The lowest BCUT2D eigenvalue weighted by Crippen LogP contribution is -2.31. The Labute approximate surface area is 145 Å². The molecule has 0 aliphatic heterocycles. The fraction of sp³-hybridized carbons (Fsp3) is 0.0952. The molecule has 4 rings (SSSR count). The zero-order valence-corrected chi connectivity index (χ0v) is 13.8. The number of furan rings is 1. The molecule has 0 saturated carbocycles. The standard InChI is InChI=1S/C21H18N2O2/c1-14(20-13-16-8-3-5-12-19(16)25-20)22-21(24)23-18-11-6-9-15-7-2-4-10-17(15)18/h2-14H,1H3,(H2,22,23,24). The Bertz CT molecular complexity index is 1010. The summed E-state index contributed by atoms with van der Waals surface area (Å²) in [6, 6.07) is 23.1. The summed E-state index contributed by atoms with van der Waals surface area (Å²) < 4.78 is 5.81. The molecule has 25 heavy (non-hydrogen) atoms. The van der Waals surface area contributed by atoms with E-state index >= 15 is 0 Å². The van der Waals surface area contributed by atoms with Gasteiger partial charge in [0.1, 0.15) is 11.3 Å². The Morgan fingerprint density at radius 1 is 0.920 bits per heavy atom. The molecule has 4 heteroatoms. The summed E-state index contributed by atoms with van der Waals surface area (Å²) in [5, 5.41) is 8.98. The molecule has 4 aromatic rings. The van der Waals surface area contributed by atoms with Crippen LogP contribution in [0.15, 0.2) is 77.2 Å². The number of benzene rings is 3. The number of urea groups is 1. The van der Waals surface area contributed by atoms with Crippen molar-refractivity contribution in [2.75, 3.05) is 5.32 Å². The van der Waals surface area contributed by atoms with Crippen molar-refractivity contribution in [3.8, 4) is 0 Å². The molecule has 2 amide bonds. The first-order valence-electron chi connectivity index (χ1n) is 8.24. The van der Waals surface area contributed by atoms with Gasteiger partial charge in [0.15, 0.2) is 0 Å². The van der Waals surface area contributed by atoms with Gasteiger partial charge in [-0.05, 0) is 30.5 Å². The topological polar surface area (TPSA) is 54.3 Å². The molecule has 1 atom stereocenters. The molecule has 0 aliphatic carbocycles. The largest absolute Gasteiger partial charge is 0.459 e. The van der Waals surface area contributed by atoms with Gasteiger partial charge in [-0.1, -0.05) is 54.6 Å². The van der Waals surface area contributed by atoms with E-state index in [4.69, 9.17) is 4.42 Å². The van der Waals surface area contributed by atoms with E-state index in [1.807, 2.05) is 79.7 Å². The molecule has 1 heterocycles. The van der Waals surface area contributed by atoms with Gasteiger partial charge in [0.25, 0.3) is 0 Å². The summed E-state index contributed by atoms with van der Waals surface area (Å²) in [6.07, 6.45) is 0. The molecule has 0 spiro atoms. The quantitative estimate of drug-likeness (QED) is 0.523. The number of carbonyl (C=O) groups is 1. The molecule has 3 aromatic carbocycles. The van der Waals surface area contributed by atoms with Crippen LogP contribution < -0.4 is 10.6 Å². The third kappa shape index (κ3) is 3.06. The SMILES string of the molecule is CC(NC(=O)Nc1cccc2ccccc12)c1cc2ccccc2o1. The monoisotopic (exact) mass is 330 g/mol. The van der Waals surface area contributed by atoms with E-state index in [0.717, 1.165) is 33.2 Å². The van der Waals surface area contributed by atoms with Crippen molar-refractivity contribution < 1.29 is 9.21 Å².